The summed E-state index contributed by atoms with van der Waals surface area (Å²) < 4.78 is 25.9. The molecule has 1 unspecified atom stereocenters. The minimum atomic E-state index is -3.69. The molecule has 0 aliphatic carbocycles. The number of nitriles is 1. The molecule has 0 spiro atoms. The van der Waals surface area contributed by atoms with Gasteiger partial charge in [0, 0.05) is 26.3 Å². The van der Waals surface area contributed by atoms with Gasteiger partial charge in [0.1, 0.15) is 0 Å². The van der Waals surface area contributed by atoms with Gasteiger partial charge < -0.3 is 5.32 Å². The van der Waals surface area contributed by atoms with Crippen molar-refractivity contribution in [1.29, 1.82) is 5.26 Å². The van der Waals surface area contributed by atoms with Crippen LogP contribution in [0.5, 0.6) is 0 Å². The molecule has 0 bridgehead atoms. The Morgan fingerprint density at radius 3 is 2.84 bits per heavy atom. The number of rotatable bonds is 6. The molecule has 19 heavy (non-hydrogen) atoms. The molecular weight excluding hydrogens is 264 g/mol. The van der Waals surface area contributed by atoms with E-state index in [2.05, 4.69) is 10.3 Å². The van der Waals surface area contributed by atoms with Crippen molar-refractivity contribution in [3.05, 3.63) is 18.3 Å². The second-order valence-corrected chi connectivity index (χ2v) is 6.16. The molecule has 1 aromatic heterocycles. The SMILES string of the molecule is CCNc1cccnc1S(=O)(=O)N(C)CC(C)C#N. The molecule has 0 fully saturated rings. The molecule has 6 nitrogen and oxygen atoms in total. The molecule has 1 rings (SSSR count). The Labute approximate surface area is 114 Å². The number of aromatic nitrogens is 1. The van der Waals surface area contributed by atoms with Crippen LogP contribution >= 0.6 is 0 Å². The predicted molar refractivity (Wildman–Crippen MR) is 73.0 cm³/mol. The summed E-state index contributed by atoms with van der Waals surface area (Å²) >= 11 is 0. The summed E-state index contributed by atoms with van der Waals surface area (Å²) in [7, 11) is -2.24. The number of hydrogen-bond acceptors (Lipinski definition) is 5. The van der Waals surface area contributed by atoms with Gasteiger partial charge in [0.2, 0.25) is 0 Å². The molecule has 0 aliphatic rings. The maximum Gasteiger partial charge on any atom is 0.262 e. The highest BCUT2D eigenvalue weighted by molar-refractivity contribution is 7.89. The van der Waals surface area contributed by atoms with E-state index in [-0.39, 0.29) is 17.5 Å². The summed E-state index contributed by atoms with van der Waals surface area (Å²) in [5.74, 6) is -0.369. The van der Waals surface area contributed by atoms with Gasteiger partial charge in [0.05, 0.1) is 17.7 Å². The first-order valence-corrected chi connectivity index (χ1v) is 7.42. The van der Waals surface area contributed by atoms with Crippen molar-refractivity contribution in [2.24, 2.45) is 5.92 Å². The Bertz CT molecular complexity index is 565. The fourth-order valence-electron chi connectivity index (χ4n) is 1.59. The van der Waals surface area contributed by atoms with Crippen LogP contribution in [0, 0.1) is 17.2 Å². The Hall–Kier alpha value is -1.65. The van der Waals surface area contributed by atoms with Crippen molar-refractivity contribution >= 4 is 15.7 Å². The average Bonchev–Trinajstić information content (AvgIpc) is 2.39. The normalized spacial score (nSPS) is 13.0. The summed E-state index contributed by atoms with van der Waals surface area (Å²) in [5, 5.41) is 11.7. The minimum absolute atomic E-state index is 0.00973. The van der Waals surface area contributed by atoms with Gasteiger partial charge in [0.15, 0.2) is 5.03 Å². The van der Waals surface area contributed by atoms with Crippen LogP contribution in [0.15, 0.2) is 23.4 Å². The molecule has 0 saturated heterocycles. The van der Waals surface area contributed by atoms with E-state index in [1.54, 1.807) is 19.1 Å². The molecule has 1 heterocycles. The van der Waals surface area contributed by atoms with Crippen LogP contribution in [0.4, 0.5) is 5.69 Å². The summed E-state index contributed by atoms with van der Waals surface area (Å²) in [6.07, 6.45) is 1.44. The number of nitrogens with zero attached hydrogens (tertiary/aromatic N) is 3. The molecule has 7 heteroatoms. The highest BCUT2D eigenvalue weighted by Crippen LogP contribution is 2.21. The topological polar surface area (TPSA) is 86.1 Å². The van der Waals surface area contributed by atoms with Gasteiger partial charge in [-0.2, -0.15) is 9.57 Å². The monoisotopic (exact) mass is 282 g/mol. The van der Waals surface area contributed by atoms with Crippen LogP contribution in [0.25, 0.3) is 0 Å². The number of nitrogens with one attached hydrogen (secondary N) is 1. The van der Waals surface area contributed by atoms with Crippen LogP contribution in [0.1, 0.15) is 13.8 Å². The summed E-state index contributed by atoms with van der Waals surface area (Å²) in [4.78, 5) is 3.95. The van der Waals surface area contributed by atoms with Gasteiger partial charge in [-0.05, 0) is 26.0 Å². The predicted octanol–water partition coefficient (Wildman–Crippen LogP) is 1.29. The lowest BCUT2D eigenvalue weighted by Crippen LogP contribution is -2.32. The van der Waals surface area contributed by atoms with Crippen LogP contribution in [0.3, 0.4) is 0 Å². The fourth-order valence-corrected chi connectivity index (χ4v) is 2.92. The van der Waals surface area contributed by atoms with Gasteiger partial charge in [-0.1, -0.05) is 0 Å². The van der Waals surface area contributed by atoms with E-state index in [1.165, 1.54) is 13.2 Å². The molecule has 1 N–H and O–H groups in total. The van der Waals surface area contributed by atoms with Crippen LogP contribution in [-0.4, -0.2) is 37.8 Å². The lowest BCUT2D eigenvalue weighted by Gasteiger charge is -2.19. The first-order valence-electron chi connectivity index (χ1n) is 5.98. The molecule has 0 aromatic carbocycles. The van der Waals surface area contributed by atoms with Gasteiger partial charge in [-0.25, -0.2) is 13.4 Å². The lowest BCUT2D eigenvalue weighted by atomic mass is 10.2. The zero-order valence-electron chi connectivity index (χ0n) is 11.3. The quantitative estimate of drug-likeness (QED) is 0.849. The van der Waals surface area contributed by atoms with Crippen molar-refractivity contribution in [2.45, 2.75) is 18.9 Å². The molecular formula is C12H18N4O2S. The zero-order valence-corrected chi connectivity index (χ0v) is 12.1. The molecule has 0 radical (unpaired) electrons. The minimum Gasteiger partial charge on any atom is -0.383 e. The van der Waals surface area contributed by atoms with Crippen LogP contribution in [0.2, 0.25) is 0 Å². The first-order chi connectivity index (χ1) is 8.93. The van der Waals surface area contributed by atoms with E-state index in [4.69, 9.17) is 5.26 Å². The zero-order chi connectivity index (χ0) is 14.5. The Balaban J connectivity index is 3.10. The Morgan fingerprint density at radius 2 is 2.26 bits per heavy atom. The largest absolute Gasteiger partial charge is 0.383 e. The standard InChI is InChI=1S/C12H18N4O2S/c1-4-14-11-6-5-7-15-12(11)19(17,18)16(3)9-10(2)8-13/h5-7,10,14H,4,9H2,1-3H3. The summed E-state index contributed by atoms with van der Waals surface area (Å²) in [6, 6.07) is 5.36. The third kappa shape index (κ3) is 3.66. The van der Waals surface area contributed by atoms with Crippen molar-refractivity contribution in [3.63, 3.8) is 0 Å². The molecule has 0 saturated carbocycles. The van der Waals surface area contributed by atoms with Gasteiger partial charge in [-0.3, -0.25) is 0 Å². The Kier molecular flexibility index (Phi) is 5.27. The molecule has 1 aromatic rings. The van der Waals surface area contributed by atoms with E-state index >= 15 is 0 Å². The molecule has 0 amide bonds. The smallest absolute Gasteiger partial charge is 0.262 e. The van der Waals surface area contributed by atoms with E-state index in [0.717, 1.165) is 4.31 Å². The number of pyridine rings is 1. The summed E-state index contributed by atoms with van der Waals surface area (Å²) in [5.41, 5.74) is 0.474. The molecule has 0 aliphatic heterocycles. The maximum atomic E-state index is 12.4. The number of hydrogen-bond donors (Lipinski definition) is 1. The van der Waals surface area contributed by atoms with Gasteiger partial charge in [0.25, 0.3) is 10.0 Å². The number of sulfonamides is 1. The third-order valence-electron chi connectivity index (χ3n) is 2.54. The van der Waals surface area contributed by atoms with Crippen LogP contribution in [-0.2, 0) is 10.0 Å². The second kappa shape index (κ2) is 6.50. The average molecular weight is 282 g/mol. The van der Waals surface area contributed by atoms with Crippen LogP contribution < -0.4 is 5.32 Å². The maximum absolute atomic E-state index is 12.4. The van der Waals surface area contributed by atoms with Gasteiger partial charge >= 0.3 is 0 Å². The van der Waals surface area contributed by atoms with E-state index in [0.29, 0.717) is 12.2 Å². The highest BCUT2D eigenvalue weighted by Gasteiger charge is 2.26. The Morgan fingerprint density at radius 1 is 1.58 bits per heavy atom. The van der Waals surface area contributed by atoms with E-state index in [1.807, 2.05) is 13.0 Å². The molecule has 104 valence electrons. The number of anilines is 1. The van der Waals surface area contributed by atoms with E-state index in [9.17, 15) is 8.42 Å². The lowest BCUT2D eigenvalue weighted by molar-refractivity contribution is 0.437. The van der Waals surface area contributed by atoms with Crippen molar-refractivity contribution in [2.75, 3.05) is 25.5 Å². The molecule has 1 atom stereocenters. The fraction of sp³-hybridized carbons (Fsp3) is 0.500. The van der Waals surface area contributed by atoms with Crippen molar-refractivity contribution < 1.29 is 8.42 Å². The second-order valence-electron chi connectivity index (χ2n) is 4.20. The third-order valence-corrected chi connectivity index (χ3v) is 4.33. The first kappa shape index (κ1) is 15.4. The van der Waals surface area contributed by atoms with E-state index < -0.39 is 10.0 Å². The summed E-state index contributed by atoms with van der Waals surface area (Å²) in [6.45, 7) is 4.30. The van der Waals surface area contributed by atoms with Crippen molar-refractivity contribution in [3.8, 4) is 6.07 Å². The van der Waals surface area contributed by atoms with Gasteiger partial charge in [-0.15, -0.1) is 0 Å². The van der Waals surface area contributed by atoms with Crippen molar-refractivity contribution in [1.82, 2.24) is 9.29 Å². The highest BCUT2D eigenvalue weighted by atomic mass is 32.2.